The number of aryl methyl sites for hydroxylation is 1. The summed E-state index contributed by atoms with van der Waals surface area (Å²) >= 11 is 2.44. The van der Waals surface area contributed by atoms with E-state index in [-0.39, 0.29) is 17.9 Å². The fraction of sp³-hybridized carbons (Fsp3) is 0.375. The molecule has 1 amide bonds. The van der Waals surface area contributed by atoms with Gasteiger partial charge in [0.15, 0.2) is 10.9 Å². The summed E-state index contributed by atoms with van der Waals surface area (Å²) in [5.74, 6) is -0.702. The molecule has 0 saturated carbocycles. The number of hydrogen-bond acceptors (Lipinski definition) is 6. The Bertz CT molecular complexity index is 854. The standard InChI is InChI=1S/C16H19N3O3S2/c1-5-7-19-15(22)11-8-10(6-2)23-14(11)18-16(19)24-12(9(3)20)13(21)17-4/h5,8,12H,1,6-7H2,2-4H3,(H,17,21). The molecule has 1 unspecified atom stereocenters. The molecule has 2 aromatic heterocycles. The SMILES string of the molecule is C=CCn1c(SC(C(C)=O)C(=O)NC)nc2sc(CC)cc2c1=O. The number of carbonyl (C=O) groups excluding carboxylic acids is 2. The lowest BCUT2D eigenvalue weighted by atomic mass is 10.3. The molecule has 6 nitrogen and oxygen atoms in total. The number of carbonyl (C=O) groups is 2. The predicted molar refractivity (Wildman–Crippen MR) is 97.8 cm³/mol. The summed E-state index contributed by atoms with van der Waals surface area (Å²) in [6.07, 6.45) is 2.41. The van der Waals surface area contributed by atoms with Crippen molar-refractivity contribution in [3.05, 3.63) is 34.0 Å². The van der Waals surface area contributed by atoms with Crippen LogP contribution in [0.15, 0.2) is 28.7 Å². The number of ketones is 1. The van der Waals surface area contributed by atoms with Crippen molar-refractivity contribution in [3.8, 4) is 0 Å². The summed E-state index contributed by atoms with van der Waals surface area (Å²) in [6.45, 7) is 7.29. The second-order valence-corrected chi connectivity index (χ2v) is 7.29. The van der Waals surface area contributed by atoms with Crippen LogP contribution in [0.4, 0.5) is 0 Å². The molecular formula is C16H19N3O3S2. The van der Waals surface area contributed by atoms with Gasteiger partial charge < -0.3 is 5.32 Å². The number of Topliss-reactive ketones (excluding diaryl/α,β-unsaturated/α-hetero) is 1. The van der Waals surface area contributed by atoms with E-state index in [2.05, 4.69) is 16.9 Å². The molecule has 0 aliphatic heterocycles. The zero-order valence-electron chi connectivity index (χ0n) is 13.8. The first-order chi connectivity index (χ1) is 11.4. The fourth-order valence-electron chi connectivity index (χ4n) is 2.16. The lowest BCUT2D eigenvalue weighted by molar-refractivity contribution is -0.126. The van der Waals surface area contributed by atoms with Gasteiger partial charge in [0.25, 0.3) is 5.56 Å². The van der Waals surface area contributed by atoms with E-state index < -0.39 is 11.2 Å². The largest absolute Gasteiger partial charge is 0.358 e. The zero-order chi connectivity index (χ0) is 17.9. The van der Waals surface area contributed by atoms with Crippen molar-refractivity contribution < 1.29 is 9.59 Å². The Labute approximate surface area is 148 Å². The quantitative estimate of drug-likeness (QED) is 0.351. The Morgan fingerprint density at radius 3 is 2.79 bits per heavy atom. The first kappa shape index (κ1) is 18.4. The van der Waals surface area contributed by atoms with Gasteiger partial charge in [-0.05, 0) is 19.4 Å². The average molecular weight is 365 g/mol. The van der Waals surface area contributed by atoms with E-state index in [1.165, 1.54) is 29.9 Å². The van der Waals surface area contributed by atoms with Crippen molar-refractivity contribution >= 4 is 45.0 Å². The fourth-order valence-corrected chi connectivity index (χ4v) is 4.20. The number of aromatic nitrogens is 2. The number of thiophene rings is 1. The summed E-state index contributed by atoms with van der Waals surface area (Å²) in [7, 11) is 1.47. The van der Waals surface area contributed by atoms with Gasteiger partial charge >= 0.3 is 0 Å². The van der Waals surface area contributed by atoms with E-state index in [1.807, 2.05) is 13.0 Å². The third-order valence-corrected chi connectivity index (χ3v) is 5.88. The van der Waals surface area contributed by atoms with E-state index in [9.17, 15) is 14.4 Å². The number of hydrogen-bond donors (Lipinski definition) is 1. The molecule has 0 radical (unpaired) electrons. The molecule has 0 spiro atoms. The van der Waals surface area contributed by atoms with Crippen LogP contribution in [-0.2, 0) is 22.6 Å². The van der Waals surface area contributed by atoms with Gasteiger partial charge in [0.05, 0.1) is 5.39 Å². The third-order valence-electron chi connectivity index (χ3n) is 3.40. The molecule has 128 valence electrons. The normalized spacial score (nSPS) is 12.1. The van der Waals surface area contributed by atoms with E-state index >= 15 is 0 Å². The van der Waals surface area contributed by atoms with Crippen LogP contribution in [0.2, 0.25) is 0 Å². The minimum absolute atomic E-state index is 0.183. The first-order valence-electron chi connectivity index (χ1n) is 7.45. The van der Waals surface area contributed by atoms with E-state index in [0.717, 1.165) is 23.1 Å². The van der Waals surface area contributed by atoms with Gasteiger partial charge in [0.2, 0.25) is 5.91 Å². The second kappa shape index (κ2) is 7.76. The highest BCUT2D eigenvalue weighted by Gasteiger charge is 2.26. The molecular weight excluding hydrogens is 346 g/mol. The Kier molecular flexibility index (Phi) is 5.95. The minimum Gasteiger partial charge on any atom is -0.358 e. The minimum atomic E-state index is -0.943. The molecule has 2 heterocycles. The van der Waals surface area contributed by atoms with Crippen LogP contribution >= 0.6 is 23.1 Å². The summed E-state index contributed by atoms with van der Waals surface area (Å²) in [5, 5.41) is 2.43. The van der Waals surface area contributed by atoms with Gasteiger partial charge in [-0.2, -0.15) is 0 Å². The molecule has 1 N–H and O–H groups in total. The summed E-state index contributed by atoms with van der Waals surface area (Å²) in [6, 6.07) is 1.85. The maximum atomic E-state index is 12.7. The van der Waals surface area contributed by atoms with Gasteiger partial charge in [0, 0.05) is 18.5 Å². The highest BCUT2D eigenvalue weighted by molar-refractivity contribution is 8.01. The second-order valence-electron chi connectivity index (χ2n) is 5.11. The van der Waals surface area contributed by atoms with Crippen LogP contribution in [-0.4, -0.2) is 33.5 Å². The monoisotopic (exact) mass is 365 g/mol. The van der Waals surface area contributed by atoms with Crippen LogP contribution in [0.1, 0.15) is 18.7 Å². The van der Waals surface area contributed by atoms with Crippen molar-refractivity contribution in [2.24, 2.45) is 0 Å². The van der Waals surface area contributed by atoms with Crippen molar-refractivity contribution in [1.82, 2.24) is 14.9 Å². The maximum Gasteiger partial charge on any atom is 0.263 e. The van der Waals surface area contributed by atoms with Gasteiger partial charge in [-0.3, -0.25) is 19.0 Å². The molecule has 24 heavy (non-hydrogen) atoms. The number of amides is 1. The summed E-state index contributed by atoms with van der Waals surface area (Å²) in [5.41, 5.74) is -0.183. The maximum absolute atomic E-state index is 12.7. The average Bonchev–Trinajstić information content (AvgIpc) is 2.98. The molecule has 0 aliphatic carbocycles. The molecule has 0 bridgehead atoms. The number of nitrogens with one attached hydrogen (secondary N) is 1. The molecule has 2 aromatic rings. The predicted octanol–water partition coefficient (Wildman–Crippen LogP) is 2.00. The first-order valence-corrected chi connectivity index (χ1v) is 9.15. The molecule has 8 heteroatoms. The highest BCUT2D eigenvalue weighted by Crippen LogP contribution is 2.27. The van der Waals surface area contributed by atoms with Gasteiger partial charge in [-0.25, -0.2) is 4.98 Å². The summed E-state index contributed by atoms with van der Waals surface area (Å²) < 4.78 is 1.45. The van der Waals surface area contributed by atoms with Gasteiger partial charge in [-0.15, -0.1) is 17.9 Å². The number of thioether (sulfide) groups is 1. The zero-order valence-corrected chi connectivity index (χ0v) is 15.4. The topological polar surface area (TPSA) is 81.1 Å². The number of rotatable bonds is 7. The third kappa shape index (κ3) is 3.59. The van der Waals surface area contributed by atoms with Crippen LogP contribution in [0.25, 0.3) is 10.2 Å². The lowest BCUT2D eigenvalue weighted by Gasteiger charge is -2.14. The molecule has 0 aromatic carbocycles. The van der Waals surface area contributed by atoms with Crippen LogP contribution in [0.3, 0.4) is 0 Å². The number of nitrogens with zero attached hydrogens (tertiary/aromatic N) is 2. The molecule has 1 atom stereocenters. The van der Waals surface area contributed by atoms with Crippen LogP contribution in [0.5, 0.6) is 0 Å². The molecule has 2 rings (SSSR count). The Morgan fingerprint density at radius 2 is 2.25 bits per heavy atom. The smallest absolute Gasteiger partial charge is 0.263 e. The number of allylic oxidation sites excluding steroid dienone is 1. The Morgan fingerprint density at radius 1 is 1.54 bits per heavy atom. The molecule has 0 aliphatic rings. The van der Waals surface area contributed by atoms with Gasteiger partial charge in [-0.1, -0.05) is 24.8 Å². The van der Waals surface area contributed by atoms with Crippen molar-refractivity contribution in [1.29, 1.82) is 0 Å². The Hall–Kier alpha value is -1.93. The van der Waals surface area contributed by atoms with Crippen molar-refractivity contribution in [3.63, 3.8) is 0 Å². The lowest BCUT2D eigenvalue weighted by Crippen LogP contribution is -2.35. The summed E-state index contributed by atoms with van der Waals surface area (Å²) in [4.78, 5) is 42.7. The van der Waals surface area contributed by atoms with E-state index in [1.54, 1.807) is 6.08 Å². The van der Waals surface area contributed by atoms with Crippen LogP contribution < -0.4 is 10.9 Å². The molecule has 0 saturated heterocycles. The Balaban J connectivity index is 2.60. The van der Waals surface area contributed by atoms with Crippen molar-refractivity contribution in [2.75, 3.05) is 7.05 Å². The van der Waals surface area contributed by atoms with Gasteiger partial charge in [0.1, 0.15) is 10.1 Å². The van der Waals surface area contributed by atoms with Crippen LogP contribution in [0, 0.1) is 0 Å². The highest BCUT2D eigenvalue weighted by atomic mass is 32.2. The molecule has 0 fully saturated rings. The van der Waals surface area contributed by atoms with E-state index in [4.69, 9.17) is 0 Å². The van der Waals surface area contributed by atoms with Crippen molar-refractivity contribution in [2.45, 2.75) is 37.2 Å². The van der Waals surface area contributed by atoms with E-state index in [0.29, 0.717) is 15.4 Å². The number of fused-ring (bicyclic) bond motifs is 1.